The lowest BCUT2D eigenvalue weighted by Crippen LogP contribution is -2.24. The molecule has 0 aromatic heterocycles. The lowest BCUT2D eigenvalue weighted by Gasteiger charge is -2.29. The van der Waals surface area contributed by atoms with Crippen LogP contribution in [0.5, 0.6) is 5.75 Å². The fourth-order valence-corrected chi connectivity index (χ4v) is 3.16. The largest absolute Gasteiger partial charge is 0.427 e. The van der Waals surface area contributed by atoms with Crippen LogP contribution in [0.3, 0.4) is 0 Å². The summed E-state index contributed by atoms with van der Waals surface area (Å²) in [6, 6.07) is 1.61. The molecule has 2 aromatic rings. The second-order valence-electron chi connectivity index (χ2n) is 6.86. The molecule has 0 saturated carbocycles. The third kappa shape index (κ3) is 4.49. The molecule has 0 aliphatic carbocycles. The molecule has 2 atom stereocenters. The van der Waals surface area contributed by atoms with Crippen molar-refractivity contribution < 1.29 is 40.2 Å². The van der Waals surface area contributed by atoms with Crippen molar-refractivity contribution in [1.82, 2.24) is 0 Å². The second kappa shape index (κ2) is 8.22. The molecule has 1 aliphatic rings. The summed E-state index contributed by atoms with van der Waals surface area (Å²) in [6.07, 6.45) is -2.89. The predicted octanol–water partition coefficient (Wildman–Crippen LogP) is 6.39. The van der Waals surface area contributed by atoms with Crippen LogP contribution in [0.1, 0.15) is 43.4 Å². The molecule has 0 spiro atoms. The molecular weight excluding hydrogens is 405 g/mol. The van der Waals surface area contributed by atoms with Crippen molar-refractivity contribution in [2.45, 2.75) is 38.4 Å². The van der Waals surface area contributed by atoms with Gasteiger partial charge in [-0.25, -0.2) is 22.0 Å². The van der Waals surface area contributed by atoms with Gasteiger partial charge in [0.1, 0.15) is 0 Å². The molecule has 29 heavy (non-hydrogen) atoms. The van der Waals surface area contributed by atoms with Crippen LogP contribution in [-0.2, 0) is 10.8 Å². The van der Waals surface area contributed by atoms with E-state index in [0.29, 0.717) is 18.9 Å². The van der Waals surface area contributed by atoms with Gasteiger partial charge in [-0.2, -0.15) is 8.78 Å². The van der Waals surface area contributed by atoms with Gasteiger partial charge in [-0.15, -0.1) is 0 Å². The highest BCUT2D eigenvalue weighted by Gasteiger charge is 2.38. The van der Waals surface area contributed by atoms with E-state index in [9.17, 15) is 30.7 Å². The summed E-state index contributed by atoms with van der Waals surface area (Å²) >= 11 is 0. The fourth-order valence-electron chi connectivity index (χ4n) is 3.16. The first-order valence-electron chi connectivity index (χ1n) is 8.94. The monoisotopic (exact) mass is 422 g/mol. The Hall–Kier alpha value is -2.29. The van der Waals surface area contributed by atoms with E-state index in [1.54, 1.807) is 0 Å². The number of hydrogen-bond acceptors (Lipinski definition) is 2. The summed E-state index contributed by atoms with van der Waals surface area (Å²) in [7, 11) is 0. The number of alkyl halides is 2. The Morgan fingerprint density at radius 2 is 1.52 bits per heavy atom. The van der Waals surface area contributed by atoms with Crippen LogP contribution in [0, 0.1) is 35.0 Å². The first kappa shape index (κ1) is 21.4. The molecule has 3 rings (SSSR count). The first-order valence-corrected chi connectivity index (χ1v) is 8.94. The minimum absolute atomic E-state index is 0.0113. The zero-order valence-electron chi connectivity index (χ0n) is 15.3. The number of hydrogen-bond donors (Lipinski definition) is 0. The van der Waals surface area contributed by atoms with Gasteiger partial charge in [0.05, 0.1) is 18.3 Å². The third-order valence-electron chi connectivity index (χ3n) is 4.89. The molecule has 0 bridgehead atoms. The van der Waals surface area contributed by atoms with E-state index in [-0.39, 0.29) is 17.7 Å². The molecule has 2 aromatic carbocycles. The van der Waals surface area contributed by atoms with E-state index in [2.05, 4.69) is 4.74 Å². The highest BCUT2D eigenvalue weighted by molar-refractivity contribution is 5.34. The van der Waals surface area contributed by atoms with Crippen molar-refractivity contribution in [1.29, 1.82) is 0 Å². The molecule has 1 saturated heterocycles. The second-order valence-corrected chi connectivity index (χ2v) is 6.86. The van der Waals surface area contributed by atoms with Gasteiger partial charge in [0.25, 0.3) is 0 Å². The standard InChI is InChI=1S/C20H17F7O2/c1-2-10-3-4-17(28-9-10)11-5-15(23)19(16(24)6-11)29-20(26,27)12-7-13(21)18(25)14(22)8-12/h5-8,10,17H,2-4,9H2,1H3. The van der Waals surface area contributed by atoms with E-state index in [1.807, 2.05) is 6.92 Å². The minimum atomic E-state index is -4.52. The van der Waals surface area contributed by atoms with Crippen molar-refractivity contribution >= 4 is 0 Å². The van der Waals surface area contributed by atoms with Crippen LogP contribution in [-0.4, -0.2) is 6.61 Å². The van der Waals surface area contributed by atoms with Gasteiger partial charge in [0, 0.05) is 0 Å². The molecule has 2 unspecified atom stereocenters. The van der Waals surface area contributed by atoms with Crippen molar-refractivity contribution in [2.75, 3.05) is 6.61 Å². The first-order chi connectivity index (χ1) is 13.6. The lowest BCUT2D eigenvalue weighted by molar-refractivity contribution is -0.188. The van der Waals surface area contributed by atoms with Gasteiger partial charge in [-0.05, 0) is 48.6 Å². The number of rotatable bonds is 5. The van der Waals surface area contributed by atoms with E-state index in [0.717, 1.165) is 25.0 Å². The molecular formula is C20H17F7O2. The summed E-state index contributed by atoms with van der Waals surface area (Å²) < 4.78 is 106. The van der Waals surface area contributed by atoms with Gasteiger partial charge in [0.2, 0.25) is 0 Å². The van der Waals surface area contributed by atoms with Crippen LogP contribution in [0.4, 0.5) is 30.7 Å². The molecule has 0 amide bonds. The molecule has 1 fully saturated rings. The fraction of sp³-hybridized carbons (Fsp3) is 0.400. The van der Waals surface area contributed by atoms with Gasteiger partial charge in [0.15, 0.2) is 34.8 Å². The normalized spacial score (nSPS) is 20.0. The molecule has 158 valence electrons. The van der Waals surface area contributed by atoms with Crippen molar-refractivity contribution in [3.8, 4) is 5.75 Å². The molecule has 2 nitrogen and oxygen atoms in total. The van der Waals surface area contributed by atoms with E-state index in [4.69, 9.17) is 4.74 Å². The molecule has 9 heteroatoms. The average molecular weight is 422 g/mol. The zero-order valence-corrected chi connectivity index (χ0v) is 15.3. The van der Waals surface area contributed by atoms with E-state index < -0.39 is 52.6 Å². The molecule has 0 N–H and O–H groups in total. The Balaban J connectivity index is 1.84. The third-order valence-corrected chi connectivity index (χ3v) is 4.89. The van der Waals surface area contributed by atoms with E-state index >= 15 is 0 Å². The quantitative estimate of drug-likeness (QED) is 0.411. The molecule has 1 heterocycles. The Morgan fingerprint density at radius 1 is 0.931 bits per heavy atom. The summed E-state index contributed by atoms with van der Waals surface area (Å²) in [5.41, 5.74) is -1.30. The minimum Gasteiger partial charge on any atom is -0.423 e. The van der Waals surface area contributed by atoms with Crippen molar-refractivity contribution in [2.24, 2.45) is 5.92 Å². The van der Waals surface area contributed by atoms with Crippen LogP contribution in [0.25, 0.3) is 0 Å². The number of benzene rings is 2. The van der Waals surface area contributed by atoms with Crippen LogP contribution >= 0.6 is 0 Å². The van der Waals surface area contributed by atoms with Gasteiger partial charge in [-0.1, -0.05) is 13.3 Å². The Bertz CT molecular complexity index is 846. The van der Waals surface area contributed by atoms with Gasteiger partial charge < -0.3 is 9.47 Å². The summed E-state index contributed by atoms with van der Waals surface area (Å²) in [5.74, 6) is -9.67. The summed E-state index contributed by atoms with van der Waals surface area (Å²) in [4.78, 5) is 0. The SMILES string of the molecule is CCC1CCC(c2cc(F)c(OC(F)(F)c3cc(F)c(F)c(F)c3)c(F)c2)OC1. The van der Waals surface area contributed by atoms with Crippen molar-refractivity contribution in [3.05, 3.63) is 64.5 Å². The van der Waals surface area contributed by atoms with Crippen LogP contribution in [0.2, 0.25) is 0 Å². The molecule has 1 aliphatic heterocycles. The zero-order chi connectivity index (χ0) is 21.3. The summed E-state index contributed by atoms with van der Waals surface area (Å²) in [5, 5.41) is 0. The number of halogens is 7. The Kier molecular flexibility index (Phi) is 6.07. The Labute approximate surface area is 162 Å². The highest BCUT2D eigenvalue weighted by Crippen LogP contribution is 2.38. The van der Waals surface area contributed by atoms with Crippen LogP contribution < -0.4 is 4.74 Å². The van der Waals surface area contributed by atoms with Gasteiger partial charge in [-0.3, -0.25) is 0 Å². The summed E-state index contributed by atoms with van der Waals surface area (Å²) in [6.45, 7) is 2.42. The Morgan fingerprint density at radius 3 is 2.00 bits per heavy atom. The maximum absolute atomic E-state index is 14.3. The topological polar surface area (TPSA) is 18.5 Å². The predicted molar refractivity (Wildman–Crippen MR) is 88.9 cm³/mol. The highest BCUT2D eigenvalue weighted by atomic mass is 19.3. The van der Waals surface area contributed by atoms with Gasteiger partial charge >= 0.3 is 6.11 Å². The smallest absolute Gasteiger partial charge is 0.423 e. The molecule has 0 radical (unpaired) electrons. The average Bonchev–Trinajstić information content (AvgIpc) is 2.68. The van der Waals surface area contributed by atoms with Crippen LogP contribution in [0.15, 0.2) is 24.3 Å². The number of ether oxygens (including phenoxy) is 2. The van der Waals surface area contributed by atoms with Crippen molar-refractivity contribution in [3.63, 3.8) is 0 Å². The maximum atomic E-state index is 14.3. The maximum Gasteiger partial charge on any atom is 0.427 e. The lowest BCUT2D eigenvalue weighted by atomic mass is 9.93. The van der Waals surface area contributed by atoms with E-state index in [1.165, 1.54) is 0 Å².